The van der Waals surface area contributed by atoms with Gasteiger partial charge in [0.05, 0.1) is 0 Å². The maximum Gasteiger partial charge on any atom is 0.0476 e. The highest BCUT2D eigenvalue weighted by Gasteiger charge is 2.10. The Hall–Kier alpha value is -1.67. The molecule has 0 radical (unpaired) electrons. The Kier molecular flexibility index (Phi) is 4.01. The van der Waals surface area contributed by atoms with Crippen molar-refractivity contribution in [1.29, 1.82) is 0 Å². The SMILES string of the molecule is Cc1ccc(N(C)Cc2c(N)cccc2Cl)c(C)c1. The number of benzene rings is 2. The predicted molar refractivity (Wildman–Crippen MR) is 83.9 cm³/mol. The van der Waals surface area contributed by atoms with E-state index in [1.807, 2.05) is 18.2 Å². The molecule has 2 aromatic carbocycles. The van der Waals surface area contributed by atoms with Gasteiger partial charge in [-0.15, -0.1) is 0 Å². The molecule has 2 aromatic rings. The number of anilines is 2. The van der Waals surface area contributed by atoms with Gasteiger partial charge in [0.1, 0.15) is 0 Å². The van der Waals surface area contributed by atoms with Crippen molar-refractivity contribution in [1.82, 2.24) is 0 Å². The van der Waals surface area contributed by atoms with Crippen LogP contribution >= 0.6 is 11.6 Å². The number of nitrogen functional groups attached to an aromatic ring is 1. The fourth-order valence-electron chi connectivity index (χ4n) is 2.30. The van der Waals surface area contributed by atoms with Gasteiger partial charge in [-0.1, -0.05) is 35.4 Å². The fraction of sp³-hybridized carbons (Fsp3) is 0.250. The summed E-state index contributed by atoms with van der Waals surface area (Å²) < 4.78 is 0. The Morgan fingerprint density at radius 1 is 1.16 bits per heavy atom. The molecule has 0 aliphatic carbocycles. The van der Waals surface area contributed by atoms with Crippen LogP contribution in [0.1, 0.15) is 16.7 Å². The molecule has 0 aromatic heterocycles. The lowest BCUT2D eigenvalue weighted by Gasteiger charge is -2.23. The summed E-state index contributed by atoms with van der Waals surface area (Å²) in [6.45, 7) is 4.92. The largest absolute Gasteiger partial charge is 0.398 e. The number of nitrogens with two attached hydrogens (primary N) is 1. The highest BCUT2D eigenvalue weighted by Crippen LogP contribution is 2.27. The summed E-state index contributed by atoms with van der Waals surface area (Å²) in [6, 6.07) is 12.1. The van der Waals surface area contributed by atoms with Crippen molar-refractivity contribution in [3.63, 3.8) is 0 Å². The van der Waals surface area contributed by atoms with Gasteiger partial charge in [-0.2, -0.15) is 0 Å². The third-order valence-corrected chi connectivity index (χ3v) is 3.67. The molecule has 0 aliphatic heterocycles. The molecular weight excluding hydrogens is 256 g/mol. The minimum atomic E-state index is 0.704. The van der Waals surface area contributed by atoms with E-state index in [0.717, 1.165) is 16.3 Å². The average Bonchev–Trinajstić information content (AvgIpc) is 2.33. The molecule has 0 amide bonds. The van der Waals surface area contributed by atoms with E-state index in [1.54, 1.807) is 0 Å². The summed E-state index contributed by atoms with van der Waals surface area (Å²) in [5, 5.41) is 0.719. The van der Waals surface area contributed by atoms with Gasteiger partial charge in [0, 0.05) is 35.6 Å². The van der Waals surface area contributed by atoms with Gasteiger partial charge >= 0.3 is 0 Å². The Balaban J connectivity index is 2.28. The van der Waals surface area contributed by atoms with Crippen LogP contribution in [0.2, 0.25) is 5.02 Å². The van der Waals surface area contributed by atoms with Crippen LogP contribution in [-0.4, -0.2) is 7.05 Å². The van der Waals surface area contributed by atoms with Crippen LogP contribution in [0.15, 0.2) is 36.4 Å². The van der Waals surface area contributed by atoms with Crippen LogP contribution in [-0.2, 0) is 6.54 Å². The second-order valence-electron chi connectivity index (χ2n) is 4.95. The molecule has 3 heteroatoms. The van der Waals surface area contributed by atoms with Crippen molar-refractivity contribution in [2.45, 2.75) is 20.4 Å². The van der Waals surface area contributed by atoms with Gasteiger partial charge < -0.3 is 10.6 Å². The molecule has 0 heterocycles. The molecule has 2 N–H and O–H groups in total. The van der Waals surface area contributed by atoms with Gasteiger partial charge in [0.15, 0.2) is 0 Å². The summed E-state index contributed by atoms with van der Waals surface area (Å²) in [5.41, 5.74) is 11.4. The van der Waals surface area contributed by atoms with Gasteiger partial charge in [0.2, 0.25) is 0 Å². The zero-order valence-electron chi connectivity index (χ0n) is 11.6. The van der Waals surface area contributed by atoms with E-state index >= 15 is 0 Å². The Labute approximate surface area is 119 Å². The van der Waals surface area contributed by atoms with Crippen molar-refractivity contribution >= 4 is 23.0 Å². The maximum atomic E-state index is 6.22. The van der Waals surface area contributed by atoms with Crippen molar-refractivity contribution in [3.8, 4) is 0 Å². The van der Waals surface area contributed by atoms with Crippen LogP contribution in [0, 0.1) is 13.8 Å². The maximum absolute atomic E-state index is 6.22. The van der Waals surface area contributed by atoms with Crippen LogP contribution in [0.25, 0.3) is 0 Å². The molecule has 0 fully saturated rings. The third-order valence-electron chi connectivity index (χ3n) is 3.31. The Morgan fingerprint density at radius 2 is 1.89 bits per heavy atom. The Bertz CT molecular complexity index is 573. The molecule has 2 nitrogen and oxygen atoms in total. The summed E-state index contributed by atoms with van der Waals surface area (Å²) >= 11 is 6.22. The predicted octanol–water partition coefficient (Wildman–Crippen LogP) is 4.18. The molecule has 0 bridgehead atoms. The van der Waals surface area contributed by atoms with E-state index < -0.39 is 0 Å². The first-order valence-corrected chi connectivity index (χ1v) is 6.68. The van der Waals surface area contributed by atoms with Crippen LogP contribution < -0.4 is 10.6 Å². The minimum Gasteiger partial charge on any atom is -0.398 e. The van der Waals surface area contributed by atoms with Gasteiger partial charge in [-0.05, 0) is 37.6 Å². The van der Waals surface area contributed by atoms with Crippen LogP contribution in [0.5, 0.6) is 0 Å². The number of halogens is 1. The smallest absolute Gasteiger partial charge is 0.0476 e. The normalized spacial score (nSPS) is 10.5. The quantitative estimate of drug-likeness (QED) is 0.851. The lowest BCUT2D eigenvalue weighted by Crippen LogP contribution is -2.18. The van der Waals surface area contributed by atoms with Crippen molar-refractivity contribution in [2.24, 2.45) is 0 Å². The first-order valence-electron chi connectivity index (χ1n) is 6.30. The first-order chi connectivity index (χ1) is 8.99. The third kappa shape index (κ3) is 3.02. The zero-order valence-corrected chi connectivity index (χ0v) is 12.3. The molecule has 0 unspecified atom stereocenters. The molecule has 100 valence electrons. The molecule has 0 aliphatic rings. The number of hydrogen-bond donors (Lipinski definition) is 1. The minimum absolute atomic E-state index is 0.704. The lowest BCUT2D eigenvalue weighted by molar-refractivity contribution is 0.919. The molecule has 0 atom stereocenters. The van der Waals surface area contributed by atoms with Crippen molar-refractivity contribution in [3.05, 3.63) is 58.1 Å². The van der Waals surface area contributed by atoms with Crippen LogP contribution in [0.3, 0.4) is 0 Å². The van der Waals surface area contributed by atoms with Gasteiger partial charge in [-0.3, -0.25) is 0 Å². The van der Waals surface area contributed by atoms with E-state index in [0.29, 0.717) is 6.54 Å². The highest BCUT2D eigenvalue weighted by molar-refractivity contribution is 6.31. The van der Waals surface area contributed by atoms with Crippen LogP contribution in [0.4, 0.5) is 11.4 Å². The molecule has 0 spiro atoms. The summed E-state index contributed by atoms with van der Waals surface area (Å²) in [7, 11) is 2.06. The second-order valence-corrected chi connectivity index (χ2v) is 5.36. The average molecular weight is 275 g/mol. The molecule has 0 saturated heterocycles. The second kappa shape index (κ2) is 5.54. The van der Waals surface area contributed by atoms with E-state index in [1.165, 1.54) is 16.8 Å². The number of nitrogens with zero attached hydrogens (tertiary/aromatic N) is 1. The van der Waals surface area contributed by atoms with Gasteiger partial charge in [-0.25, -0.2) is 0 Å². The van der Waals surface area contributed by atoms with E-state index in [9.17, 15) is 0 Å². The van der Waals surface area contributed by atoms with Gasteiger partial charge in [0.25, 0.3) is 0 Å². The van der Waals surface area contributed by atoms with E-state index in [-0.39, 0.29) is 0 Å². The summed E-state index contributed by atoms with van der Waals surface area (Å²) in [4.78, 5) is 2.17. The fourth-order valence-corrected chi connectivity index (χ4v) is 2.54. The molecule has 0 saturated carbocycles. The number of aryl methyl sites for hydroxylation is 2. The molecule has 19 heavy (non-hydrogen) atoms. The monoisotopic (exact) mass is 274 g/mol. The highest BCUT2D eigenvalue weighted by atomic mass is 35.5. The Morgan fingerprint density at radius 3 is 2.53 bits per heavy atom. The summed E-state index contributed by atoms with van der Waals surface area (Å²) in [5.74, 6) is 0. The van der Waals surface area contributed by atoms with E-state index in [4.69, 9.17) is 17.3 Å². The first kappa shape index (κ1) is 13.8. The molecule has 2 rings (SSSR count). The molecular formula is C16H19ClN2. The summed E-state index contributed by atoms with van der Waals surface area (Å²) in [6.07, 6.45) is 0. The van der Waals surface area contributed by atoms with Crippen molar-refractivity contribution in [2.75, 3.05) is 17.7 Å². The topological polar surface area (TPSA) is 29.3 Å². The lowest BCUT2D eigenvalue weighted by atomic mass is 10.1. The zero-order chi connectivity index (χ0) is 14.0. The van der Waals surface area contributed by atoms with E-state index in [2.05, 4.69) is 44.0 Å². The van der Waals surface area contributed by atoms with Crippen molar-refractivity contribution < 1.29 is 0 Å². The number of rotatable bonds is 3. The standard InChI is InChI=1S/C16H19ClN2/c1-11-7-8-16(12(2)9-11)19(3)10-13-14(17)5-4-6-15(13)18/h4-9H,10,18H2,1-3H3. The number of hydrogen-bond acceptors (Lipinski definition) is 2.